The van der Waals surface area contributed by atoms with Gasteiger partial charge in [-0.05, 0) is 90.6 Å². The number of hydrogen-bond donors (Lipinski definition) is 1. The molecule has 0 saturated carbocycles. The molecule has 2 aromatic rings. The summed E-state index contributed by atoms with van der Waals surface area (Å²) in [4.78, 5) is 2.72. The van der Waals surface area contributed by atoms with E-state index in [9.17, 15) is 0 Å². The van der Waals surface area contributed by atoms with Crippen LogP contribution in [0.3, 0.4) is 0 Å². The van der Waals surface area contributed by atoms with Gasteiger partial charge in [0.2, 0.25) is 0 Å². The molecule has 6 nitrogen and oxygen atoms in total. The minimum atomic E-state index is 0.345. The van der Waals surface area contributed by atoms with Gasteiger partial charge in [0.05, 0.1) is 28.4 Å². The van der Waals surface area contributed by atoms with Crippen LogP contribution in [-0.2, 0) is 12.8 Å². The first kappa shape index (κ1) is 24.3. The third-order valence-electron chi connectivity index (χ3n) is 8.64. The summed E-state index contributed by atoms with van der Waals surface area (Å²) in [6, 6.07) is 9.61. The molecule has 1 saturated heterocycles. The van der Waals surface area contributed by atoms with Crippen LogP contribution in [0.1, 0.15) is 60.5 Å². The Balaban J connectivity index is 1.43. The third-order valence-corrected chi connectivity index (χ3v) is 8.64. The normalized spacial score (nSPS) is 25.7. The molecule has 1 N–H and O–H groups in total. The number of rotatable bonds is 7. The Morgan fingerprint density at radius 2 is 1.40 bits per heavy atom. The van der Waals surface area contributed by atoms with E-state index in [-0.39, 0.29) is 0 Å². The number of nitrogens with one attached hydrogen (secondary N) is 1. The predicted molar refractivity (Wildman–Crippen MR) is 138 cm³/mol. The molecule has 6 heteroatoms. The lowest BCUT2D eigenvalue weighted by atomic mass is 9.72. The number of methoxy groups -OCH3 is 4. The monoisotopic (exact) mass is 480 g/mol. The Labute approximate surface area is 209 Å². The number of piperidine rings is 1. The van der Waals surface area contributed by atoms with Crippen LogP contribution in [0, 0.1) is 11.8 Å². The quantitative estimate of drug-likeness (QED) is 0.606. The average molecular weight is 481 g/mol. The Bertz CT molecular complexity index is 1050. The topological polar surface area (TPSA) is 52.2 Å². The summed E-state index contributed by atoms with van der Waals surface area (Å²) in [6.07, 6.45) is 5.65. The molecule has 35 heavy (non-hydrogen) atoms. The largest absolute Gasteiger partial charge is 0.493 e. The van der Waals surface area contributed by atoms with Crippen LogP contribution in [-0.4, -0.2) is 53.0 Å². The van der Waals surface area contributed by atoms with Gasteiger partial charge in [0, 0.05) is 25.2 Å². The van der Waals surface area contributed by atoms with Crippen LogP contribution in [0.25, 0.3) is 0 Å². The molecule has 1 fully saturated rings. The van der Waals surface area contributed by atoms with Crippen molar-refractivity contribution in [2.75, 3.05) is 48.1 Å². The van der Waals surface area contributed by atoms with E-state index in [0.29, 0.717) is 23.9 Å². The fourth-order valence-corrected chi connectivity index (χ4v) is 6.74. The summed E-state index contributed by atoms with van der Waals surface area (Å²) >= 11 is 0. The summed E-state index contributed by atoms with van der Waals surface area (Å²) < 4.78 is 22.5. The van der Waals surface area contributed by atoms with Crippen LogP contribution in [0.15, 0.2) is 24.3 Å². The van der Waals surface area contributed by atoms with E-state index in [2.05, 4.69) is 41.4 Å². The van der Waals surface area contributed by atoms with Crippen molar-refractivity contribution >= 4 is 0 Å². The second kappa shape index (κ2) is 10.3. The van der Waals surface area contributed by atoms with Crippen LogP contribution in [0.4, 0.5) is 0 Å². The van der Waals surface area contributed by atoms with E-state index in [1.807, 2.05) is 0 Å². The molecule has 2 aromatic carbocycles. The first-order valence-corrected chi connectivity index (χ1v) is 13.1. The van der Waals surface area contributed by atoms with Crippen LogP contribution < -0.4 is 24.3 Å². The lowest BCUT2D eigenvalue weighted by molar-refractivity contribution is 0.0434. The maximum atomic E-state index is 5.68. The van der Waals surface area contributed by atoms with Crippen molar-refractivity contribution in [2.45, 2.75) is 51.1 Å². The van der Waals surface area contributed by atoms with Gasteiger partial charge in [0.1, 0.15) is 0 Å². The number of fused-ring (bicyclic) bond motifs is 4. The summed E-state index contributed by atoms with van der Waals surface area (Å²) in [7, 11) is 6.90. The summed E-state index contributed by atoms with van der Waals surface area (Å²) in [5, 5.41) is 3.83. The highest BCUT2D eigenvalue weighted by atomic mass is 16.5. The van der Waals surface area contributed by atoms with Gasteiger partial charge < -0.3 is 24.3 Å². The van der Waals surface area contributed by atoms with Gasteiger partial charge in [0.25, 0.3) is 0 Å². The van der Waals surface area contributed by atoms with Gasteiger partial charge in [-0.15, -0.1) is 0 Å². The molecular formula is C29H40N2O4. The highest BCUT2D eigenvalue weighted by Gasteiger charge is 2.40. The van der Waals surface area contributed by atoms with E-state index in [1.54, 1.807) is 28.4 Å². The van der Waals surface area contributed by atoms with Crippen molar-refractivity contribution in [2.24, 2.45) is 11.8 Å². The first-order valence-electron chi connectivity index (χ1n) is 13.1. The van der Waals surface area contributed by atoms with Crippen molar-refractivity contribution in [3.8, 4) is 23.0 Å². The molecule has 0 spiro atoms. The third kappa shape index (κ3) is 4.47. The SMILES string of the molecule is CC[C@H]1CN2CCc3cc(OC)c(OC)cc3[C@@H]2CC1C[C@H]1NCCc2cc(OC)c(OC)cc21. The number of nitrogens with zero attached hydrogens (tertiary/aromatic N) is 1. The van der Waals surface area contributed by atoms with Crippen molar-refractivity contribution in [3.05, 3.63) is 46.5 Å². The lowest BCUT2D eigenvalue weighted by Crippen LogP contribution is -2.46. The maximum absolute atomic E-state index is 5.68. The summed E-state index contributed by atoms with van der Waals surface area (Å²) in [5.41, 5.74) is 5.60. The van der Waals surface area contributed by atoms with Crippen molar-refractivity contribution < 1.29 is 18.9 Å². The van der Waals surface area contributed by atoms with Gasteiger partial charge in [-0.2, -0.15) is 0 Å². The standard InChI is InChI=1S/C29H40N2O4/c1-6-18-17-31-10-8-20-14-27(33-3)29(35-5)16-23(20)25(31)12-21(18)11-24-22-15-28(34-4)26(32-2)13-19(22)7-9-30-24/h13-16,18,21,24-25,30H,6-12,17H2,1-5H3/t18-,21?,24+,25-/m0/s1. The van der Waals surface area contributed by atoms with E-state index < -0.39 is 0 Å². The molecule has 0 amide bonds. The van der Waals surface area contributed by atoms with Crippen molar-refractivity contribution in [3.63, 3.8) is 0 Å². The molecule has 0 radical (unpaired) electrons. The smallest absolute Gasteiger partial charge is 0.161 e. The number of benzene rings is 2. The maximum Gasteiger partial charge on any atom is 0.161 e. The van der Waals surface area contributed by atoms with E-state index >= 15 is 0 Å². The van der Waals surface area contributed by atoms with E-state index in [4.69, 9.17) is 18.9 Å². The lowest BCUT2D eigenvalue weighted by Gasteiger charge is -2.48. The van der Waals surface area contributed by atoms with E-state index in [1.165, 1.54) is 41.6 Å². The van der Waals surface area contributed by atoms with Gasteiger partial charge in [0.15, 0.2) is 23.0 Å². The van der Waals surface area contributed by atoms with Crippen LogP contribution >= 0.6 is 0 Å². The molecule has 5 rings (SSSR count). The van der Waals surface area contributed by atoms with Gasteiger partial charge in [-0.3, -0.25) is 4.90 Å². The Morgan fingerprint density at radius 3 is 2.03 bits per heavy atom. The Kier molecular flexibility index (Phi) is 7.12. The summed E-state index contributed by atoms with van der Waals surface area (Å²) in [6.45, 7) is 5.66. The van der Waals surface area contributed by atoms with Gasteiger partial charge >= 0.3 is 0 Å². The molecule has 0 aliphatic carbocycles. The molecule has 3 aliphatic heterocycles. The number of ether oxygens (including phenoxy) is 4. The average Bonchev–Trinajstić information content (AvgIpc) is 2.91. The molecule has 0 bridgehead atoms. The highest BCUT2D eigenvalue weighted by Crippen LogP contribution is 2.48. The Hall–Kier alpha value is -2.44. The molecular weight excluding hydrogens is 440 g/mol. The molecule has 4 atom stereocenters. The molecule has 3 heterocycles. The van der Waals surface area contributed by atoms with Gasteiger partial charge in [-0.25, -0.2) is 0 Å². The molecule has 1 unspecified atom stereocenters. The summed E-state index contributed by atoms with van der Waals surface area (Å²) in [5.74, 6) is 4.69. The predicted octanol–water partition coefficient (Wildman–Crippen LogP) is 4.94. The second-order valence-electron chi connectivity index (χ2n) is 10.2. The zero-order chi connectivity index (χ0) is 24.5. The van der Waals surface area contributed by atoms with Gasteiger partial charge in [-0.1, -0.05) is 13.3 Å². The van der Waals surface area contributed by atoms with E-state index in [0.717, 1.165) is 55.4 Å². The highest BCUT2D eigenvalue weighted by molar-refractivity contribution is 5.50. The molecule has 190 valence electrons. The first-order chi connectivity index (χ1) is 17.1. The van der Waals surface area contributed by atoms with Crippen molar-refractivity contribution in [1.82, 2.24) is 10.2 Å². The minimum Gasteiger partial charge on any atom is -0.493 e. The molecule has 3 aliphatic rings. The molecule has 0 aromatic heterocycles. The zero-order valence-electron chi connectivity index (χ0n) is 21.9. The van der Waals surface area contributed by atoms with Crippen LogP contribution in [0.5, 0.6) is 23.0 Å². The van der Waals surface area contributed by atoms with Crippen molar-refractivity contribution in [1.29, 1.82) is 0 Å². The Morgan fingerprint density at radius 1 is 0.800 bits per heavy atom. The fraction of sp³-hybridized carbons (Fsp3) is 0.586. The second-order valence-corrected chi connectivity index (χ2v) is 10.2. The number of hydrogen-bond acceptors (Lipinski definition) is 6. The fourth-order valence-electron chi connectivity index (χ4n) is 6.74. The minimum absolute atomic E-state index is 0.345. The van der Waals surface area contributed by atoms with Crippen LogP contribution in [0.2, 0.25) is 0 Å². The zero-order valence-corrected chi connectivity index (χ0v) is 21.9.